The van der Waals surface area contributed by atoms with Crippen molar-refractivity contribution in [1.29, 1.82) is 0 Å². The van der Waals surface area contributed by atoms with Crippen LogP contribution in [0.4, 0.5) is 0 Å². The topological polar surface area (TPSA) is 32.5 Å². The lowest BCUT2D eigenvalue weighted by Crippen LogP contribution is -2.55. The normalized spacial score (nSPS) is 42.7. The minimum atomic E-state index is 0.422. The van der Waals surface area contributed by atoms with E-state index in [0.29, 0.717) is 5.41 Å². The van der Waals surface area contributed by atoms with Gasteiger partial charge in [-0.15, -0.1) is 0 Å². The molecule has 3 nitrogen and oxygen atoms in total. The molecule has 122 valence electrons. The molecule has 1 aliphatic carbocycles. The molecule has 3 aliphatic rings. The lowest BCUT2D eigenvalue weighted by atomic mass is 9.69. The molecule has 1 saturated carbocycles. The van der Waals surface area contributed by atoms with Crippen LogP contribution in [-0.2, 0) is 0 Å². The third-order valence-electron chi connectivity index (χ3n) is 6.61. The fourth-order valence-electron chi connectivity index (χ4n) is 5.51. The molecule has 2 heterocycles. The first-order valence-electron chi connectivity index (χ1n) is 9.24. The fraction of sp³-hybridized carbons (Fsp3) is 1.00. The summed E-state index contributed by atoms with van der Waals surface area (Å²) in [6.45, 7) is 8.51. The molecule has 0 amide bonds. The number of fused-ring (bicyclic) bond motifs is 1. The minimum Gasteiger partial charge on any atom is -0.330 e. The number of nitrogens with two attached hydrogens (primary N) is 1. The molecular formula is C18H35N3. The Morgan fingerprint density at radius 3 is 2.76 bits per heavy atom. The summed E-state index contributed by atoms with van der Waals surface area (Å²) < 4.78 is 0. The summed E-state index contributed by atoms with van der Waals surface area (Å²) in [4.78, 5) is 5.39. The monoisotopic (exact) mass is 293 g/mol. The Balaban J connectivity index is 1.60. The summed E-state index contributed by atoms with van der Waals surface area (Å²) in [6.07, 6.45) is 9.73. The molecule has 3 heteroatoms. The first-order valence-corrected chi connectivity index (χ1v) is 9.24. The van der Waals surface area contributed by atoms with Crippen molar-refractivity contribution in [2.24, 2.45) is 23.0 Å². The predicted octanol–water partition coefficient (Wildman–Crippen LogP) is 2.56. The summed E-state index contributed by atoms with van der Waals surface area (Å²) >= 11 is 0. The highest BCUT2D eigenvalue weighted by Crippen LogP contribution is 2.40. The van der Waals surface area contributed by atoms with Crippen LogP contribution in [0.5, 0.6) is 0 Å². The van der Waals surface area contributed by atoms with Crippen LogP contribution in [0.25, 0.3) is 0 Å². The molecule has 0 bridgehead atoms. The van der Waals surface area contributed by atoms with Crippen LogP contribution in [0.2, 0.25) is 0 Å². The number of nitrogens with zero attached hydrogens (tertiary/aromatic N) is 2. The Morgan fingerprint density at radius 2 is 2.00 bits per heavy atom. The summed E-state index contributed by atoms with van der Waals surface area (Å²) in [7, 11) is 2.33. The van der Waals surface area contributed by atoms with Gasteiger partial charge in [0.2, 0.25) is 0 Å². The van der Waals surface area contributed by atoms with Crippen LogP contribution in [0.3, 0.4) is 0 Å². The molecule has 3 fully saturated rings. The summed E-state index contributed by atoms with van der Waals surface area (Å²) in [5.41, 5.74) is 6.66. The second-order valence-electron chi connectivity index (χ2n) is 8.38. The zero-order valence-electron chi connectivity index (χ0n) is 14.2. The van der Waals surface area contributed by atoms with E-state index in [2.05, 4.69) is 23.8 Å². The third kappa shape index (κ3) is 3.46. The Labute approximate surface area is 131 Å². The molecule has 0 radical (unpaired) electrons. The molecular weight excluding hydrogens is 258 g/mol. The van der Waals surface area contributed by atoms with Gasteiger partial charge in [0.15, 0.2) is 0 Å². The van der Waals surface area contributed by atoms with Crippen LogP contribution >= 0.6 is 0 Å². The number of rotatable bonds is 3. The van der Waals surface area contributed by atoms with E-state index >= 15 is 0 Å². The van der Waals surface area contributed by atoms with Gasteiger partial charge in [-0.1, -0.05) is 19.8 Å². The number of hydrogen-bond acceptors (Lipinski definition) is 3. The van der Waals surface area contributed by atoms with E-state index in [9.17, 15) is 0 Å². The van der Waals surface area contributed by atoms with E-state index in [0.717, 1.165) is 24.4 Å². The van der Waals surface area contributed by atoms with Crippen LogP contribution < -0.4 is 5.73 Å². The van der Waals surface area contributed by atoms with E-state index in [1.165, 1.54) is 71.1 Å². The van der Waals surface area contributed by atoms with E-state index in [4.69, 9.17) is 5.73 Å². The van der Waals surface area contributed by atoms with Crippen LogP contribution in [0.1, 0.15) is 51.9 Å². The van der Waals surface area contributed by atoms with Gasteiger partial charge >= 0.3 is 0 Å². The highest BCUT2D eigenvalue weighted by atomic mass is 15.2. The number of piperidine rings is 2. The fourth-order valence-corrected chi connectivity index (χ4v) is 5.51. The standard InChI is InChI=1S/C18H35N3/c1-15-5-3-8-18(11-15,13-19)14-21-10-7-17-16(12-21)6-4-9-20(17)2/h15-17H,3-14,19H2,1-2H3. The van der Waals surface area contributed by atoms with Crippen LogP contribution in [0.15, 0.2) is 0 Å². The zero-order valence-corrected chi connectivity index (χ0v) is 14.2. The van der Waals surface area contributed by atoms with Gasteiger partial charge < -0.3 is 15.5 Å². The number of hydrogen-bond donors (Lipinski definition) is 1. The molecule has 3 rings (SSSR count). The average Bonchev–Trinajstić information content (AvgIpc) is 2.47. The molecule has 0 spiro atoms. The maximum atomic E-state index is 6.24. The quantitative estimate of drug-likeness (QED) is 0.868. The molecule has 2 aliphatic heterocycles. The molecule has 4 atom stereocenters. The summed E-state index contributed by atoms with van der Waals surface area (Å²) in [5.74, 6) is 1.79. The van der Waals surface area contributed by atoms with Gasteiger partial charge in [-0.05, 0) is 76.0 Å². The lowest BCUT2D eigenvalue weighted by Gasteiger charge is -2.49. The van der Waals surface area contributed by atoms with Gasteiger partial charge in [0, 0.05) is 19.1 Å². The van der Waals surface area contributed by atoms with Gasteiger partial charge in [-0.3, -0.25) is 0 Å². The summed E-state index contributed by atoms with van der Waals surface area (Å²) in [6, 6.07) is 0.856. The predicted molar refractivity (Wildman–Crippen MR) is 89.3 cm³/mol. The van der Waals surface area contributed by atoms with Crippen LogP contribution in [0, 0.1) is 17.3 Å². The highest BCUT2D eigenvalue weighted by Gasteiger charge is 2.39. The van der Waals surface area contributed by atoms with Crippen molar-refractivity contribution in [3.63, 3.8) is 0 Å². The van der Waals surface area contributed by atoms with Gasteiger partial charge in [-0.2, -0.15) is 0 Å². The van der Waals surface area contributed by atoms with Crippen LogP contribution in [-0.4, -0.2) is 55.6 Å². The molecule has 0 aromatic rings. The highest BCUT2D eigenvalue weighted by molar-refractivity contribution is 4.94. The van der Waals surface area contributed by atoms with Crippen molar-refractivity contribution >= 4 is 0 Å². The van der Waals surface area contributed by atoms with Gasteiger partial charge in [0.05, 0.1) is 0 Å². The van der Waals surface area contributed by atoms with Crippen molar-refractivity contribution in [3.8, 4) is 0 Å². The lowest BCUT2D eigenvalue weighted by molar-refractivity contribution is 0.00800. The largest absolute Gasteiger partial charge is 0.330 e. The van der Waals surface area contributed by atoms with Gasteiger partial charge in [0.25, 0.3) is 0 Å². The van der Waals surface area contributed by atoms with Crippen molar-refractivity contribution in [2.75, 3.05) is 39.8 Å². The van der Waals surface area contributed by atoms with Crippen molar-refractivity contribution in [3.05, 3.63) is 0 Å². The van der Waals surface area contributed by atoms with Gasteiger partial charge in [-0.25, -0.2) is 0 Å². The van der Waals surface area contributed by atoms with Crippen molar-refractivity contribution in [1.82, 2.24) is 9.80 Å². The smallest absolute Gasteiger partial charge is 0.0145 e. The SMILES string of the molecule is CC1CCCC(CN)(CN2CCC3C(CCCN3C)C2)C1. The van der Waals surface area contributed by atoms with Crippen molar-refractivity contribution < 1.29 is 0 Å². The summed E-state index contributed by atoms with van der Waals surface area (Å²) in [5, 5.41) is 0. The maximum absolute atomic E-state index is 6.24. The molecule has 4 unspecified atom stereocenters. The molecule has 0 aromatic carbocycles. The first-order chi connectivity index (χ1) is 10.1. The van der Waals surface area contributed by atoms with E-state index in [-0.39, 0.29) is 0 Å². The second kappa shape index (κ2) is 6.55. The molecule has 2 saturated heterocycles. The molecule has 21 heavy (non-hydrogen) atoms. The van der Waals surface area contributed by atoms with Gasteiger partial charge in [0.1, 0.15) is 0 Å². The zero-order chi connectivity index (χ0) is 14.9. The molecule has 2 N–H and O–H groups in total. The Morgan fingerprint density at radius 1 is 1.14 bits per heavy atom. The first kappa shape index (κ1) is 15.8. The minimum absolute atomic E-state index is 0.422. The number of likely N-dealkylation sites (tertiary alicyclic amines) is 2. The Hall–Kier alpha value is -0.120. The molecule has 0 aromatic heterocycles. The van der Waals surface area contributed by atoms with E-state index in [1.54, 1.807) is 0 Å². The van der Waals surface area contributed by atoms with E-state index < -0.39 is 0 Å². The van der Waals surface area contributed by atoms with E-state index in [1.807, 2.05) is 0 Å². The second-order valence-corrected chi connectivity index (χ2v) is 8.38. The Bertz CT molecular complexity index is 345. The average molecular weight is 293 g/mol. The Kier molecular flexibility index (Phi) is 4.92. The third-order valence-corrected chi connectivity index (χ3v) is 6.61. The van der Waals surface area contributed by atoms with Crippen molar-refractivity contribution in [2.45, 2.75) is 57.9 Å². The maximum Gasteiger partial charge on any atom is 0.0145 e.